The normalized spacial score (nSPS) is 14.9. The van der Waals surface area contributed by atoms with Crippen molar-refractivity contribution in [2.24, 2.45) is 0 Å². The van der Waals surface area contributed by atoms with Crippen molar-refractivity contribution in [3.8, 4) is 11.5 Å². The number of nitrogens with zero attached hydrogens (tertiary/aromatic N) is 2. The molecule has 0 fully saturated rings. The highest BCUT2D eigenvalue weighted by Crippen LogP contribution is 2.38. The second-order valence-electron chi connectivity index (χ2n) is 8.42. The van der Waals surface area contributed by atoms with Gasteiger partial charge in [-0.25, -0.2) is 0 Å². The highest BCUT2D eigenvalue weighted by atomic mass is 35.5. The van der Waals surface area contributed by atoms with E-state index in [-0.39, 0.29) is 24.4 Å². The van der Waals surface area contributed by atoms with Crippen molar-refractivity contribution in [3.63, 3.8) is 0 Å². The van der Waals surface area contributed by atoms with Crippen molar-refractivity contribution in [1.29, 1.82) is 0 Å². The standard InChI is InChI=1S/C27H29ClN2O4S/c1-4-11-29(27(32)19-14-21(33-2)16-22(15-19)34-3)17-25(31)30-12-9-24-23(10-13-35-24)26(30)18-5-7-20(28)8-6-18/h5-8,10,13-16,26H,4,9,11-12,17H2,1-3H3/t26-/m0/s1. The summed E-state index contributed by atoms with van der Waals surface area (Å²) >= 11 is 7.85. The zero-order chi connectivity index (χ0) is 24.9. The summed E-state index contributed by atoms with van der Waals surface area (Å²) in [6.07, 6.45) is 1.53. The fourth-order valence-electron chi connectivity index (χ4n) is 4.48. The minimum Gasteiger partial charge on any atom is -0.497 e. The molecule has 2 aromatic carbocycles. The molecule has 1 atom stereocenters. The number of carbonyl (C=O) groups excluding carboxylic acids is 2. The van der Waals surface area contributed by atoms with Crippen molar-refractivity contribution < 1.29 is 19.1 Å². The molecule has 6 nitrogen and oxygen atoms in total. The van der Waals surface area contributed by atoms with Gasteiger partial charge in [0, 0.05) is 34.6 Å². The van der Waals surface area contributed by atoms with Crippen LogP contribution in [-0.4, -0.2) is 55.5 Å². The fourth-order valence-corrected chi connectivity index (χ4v) is 5.51. The molecule has 0 radical (unpaired) electrons. The average molecular weight is 513 g/mol. The number of fused-ring (bicyclic) bond motifs is 1. The summed E-state index contributed by atoms with van der Waals surface area (Å²) in [6.45, 7) is 3.05. The molecule has 8 heteroatoms. The molecule has 0 saturated heterocycles. The third-order valence-electron chi connectivity index (χ3n) is 6.18. The zero-order valence-electron chi connectivity index (χ0n) is 20.1. The summed E-state index contributed by atoms with van der Waals surface area (Å²) < 4.78 is 10.7. The maximum absolute atomic E-state index is 13.7. The highest BCUT2D eigenvalue weighted by molar-refractivity contribution is 7.10. The van der Waals surface area contributed by atoms with Crippen molar-refractivity contribution in [2.45, 2.75) is 25.8 Å². The van der Waals surface area contributed by atoms with E-state index in [0.717, 1.165) is 24.0 Å². The number of rotatable bonds is 8. The Hall–Kier alpha value is -3.03. The highest BCUT2D eigenvalue weighted by Gasteiger charge is 2.34. The number of thiophene rings is 1. The van der Waals surface area contributed by atoms with Gasteiger partial charge in [0.25, 0.3) is 5.91 Å². The Morgan fingerprint density at radius 3 is 2.40 bits per heavy atom. The first-order valence-electron chi connectivity index (χ1n) is 11.6. The number of halogens is 1. The topological polar surface area (TPSA) is 59.1 Å². The minimum absolute atomic E-state index is 0.00421. The number of amides is 2. The molecule has 0 spiro atoms. The monoisotopic (exact) mass is 512 g/mol. The molecular weight excluding hydrogens is 484 g/mol. The van der Waals surface area contributed by atoms with Crippen LogP contribution in [0, 0.1) is 0 Å². The van der Waals surface area contributed by atoms with Gasteiger partial charge in [-0.2, -0.15) is 0 Å². The molecule has 35 heavy (non-hydrogen) atoms. The molecule has 2 amide bonds. The van der Waals surface area contributed by atoms with Crippen LogP contribution in [0.4, 0.5) is 0 Å². The van der Waals surface area contributed by atoms with Crippen molar-refractivity contribution in [2.75, 3.05) is 33.9 Å². The van der Waals surface area contributed by atoms with Crippen LogP contribution in [-0.2, 0) is 11.2 Å². The van der Waals surface area contributed by atoms with Gasteiger partial charge in [0.2, 0.25) is 5.91 Å². The van der Waals surface area contributed by atoms with E-state index in [0.29, 0.717) is 35.2 Å². The molecule has 1 aliphatic heterocycles. The second kappa shape index (κ2) is 11.1. The lowest BCUT2D eigenvalue weighted by atomic mass is 9.93. The minimum atomic E-state index is -0.228. The van der Waals surface area contributed by atoms with Gasteiger partial charge in [-0.15, -0.1) is 11.3 Å². The Bertz CT molecular complexity index is 1170. The maximum Gasteiger partial charge on any atom is 0.254 e. The Morgan fingerprint density at radius 2 is 1.77 bits per heavy atom. The lowest BCUT2D eigenvalue weighted by Crippen LogP contribution is -2.47. The first-order chi connectivity index (χ1) is 16.9. The molecule has 3 aromatic rings. The molecule has 0 aliphatic carbocycles. The molecular formula is C27H29ClN2O4S. The Morgan fingerprint density at radius 1 is 1.09 bits per heavy atom. The van der Waals surface area contributed by atoms with Crippen LogP contribution in [0.5, 0.6) is 11.5 Å². The number of hydrogen-bond donors (Lipinski definition) is 0. The Labute approximate surface area is 215 Å². The van der Waals surface area contributed by atoms with Gasteiger partial charge >= 0.3 is 0 Å². The maximum atomic E-state index is 13.7. The van der Waals surface area contributed by atoms with Crippen LogP contribution in [0.3, 0.4) is 0 Å². The average Bonchev–Trinajstić information content (AvgIpc) is 3.36. The van der Waals surface area contributed by atoms with E-state index in [1.54, 1.807) is 48.7 Å². The zero-order valence-corrected chi connectivity index (χ0v) is 21.7. The molecule has 0 N–H and O–H groups in total. The second-order valence-corrected chi connectivity index (χ2v) is 9.86. The predicted octanol–water partition coefficient (Wildman–Crippen LogP) is 5.45. The Balaban J connectivity index is 1.61. The van der Waals surface area contributed by atoms with E-state index in [1.165, 1.54) is 4.88 Å². The fraction of sp³-hybridized carbons (Fsp3) is 0.333. The summed E-state index contributed by atoms with van der Waals surface area (Å²) in [6, 6.07) is 14.6. The molecule has 184 valence electrons. The van der Waals surface area contributed by atoms with Crippen molar-refractivity contribution in [3.05, 3.63) is 80.5 Å². The van der Waals surface area contributed by atoms with Gasteiger partial charge in [0.15, 0.2) is 0 Å². The quantitative estimate of drug-likeness (QED) is 0.403. The van der Waals surface area contributed by atoms with Gasteiger partial charge in [0.1, 0.15) is 18.0 Å². The summed E-state index contributed by atoms with van der Waals surface area (Å²) in [5.41, 5.74) is 2.58. The van der Waals surface area contributed by atoms with Gasteiger partial charge in [-0.1, -0.05) is 30.7 Å². The molecule has 4 rings (SSSR count). The van der Waals surface area contributed by atoms with Crippen LogP contribution in [0.2, 0.25) is 5.02 Å². The summed E-state index contributed by atoms with van der Waals surface area (Å²) in [4.78, 5) is 32.0. The largest absolute Gasteiger partial charge is 0.497 e. The van der Waals surface area contributed by atoms with Gasteiger partial charge in [-0.05, 0) is 59.7 Å². The third-order valence-corrected chi connectivity index (χ3v) is 7.43. The van der Waals surface area contributed by atoms with Crippen LogP contribution in [0.15, 0.2) is 53.9 Å². The van der Waals surface area contributed by atoms with E-state index >= 15 is 0 Å². The van der Waals surface area contributed by atoms with Crippen LogP contribution in [0.1, 0.15) is 45.7 Å². The molecule has 2 heterocycles. The molecule has 1 aliphatic rings. The van der Waals surface area contributed by atoms with Crippen LogP contribution >= 0.6 is 22.9 Å². The SMILES string of the molecule is CCCN(CC(=O)N1CCc2sccc2[C@@H]1c1ccc(Cl)cc1)C(=O)c1cc(OC)cc(OC)c1. The van der Waals surface area contributed by atoms with Crippen LogP contribution < -0.4 is 9.47 Å². The number of ether oxygens (including phenoxy) is 2. The predicted molar refractivity (Wildman–Crippen MR) is 139 cm³/mol. The molecule has 0 saturated carbocycles. The number of benzene rings is 2. The van der Waals surface area contributed by atoms with Crippen molar-refractivity contribution >= 4 is 34.8 Å². The summed E-state index contributed by atoms with van der Waals surface area (Å²) in [7, 11) is 3.09. The van der Waals surface area contributed by atoms with Gasteiger partial charge < -0.3 is 19.3 Å². The first kappa shape index (κ1) is 25.1. The van der Waals surface area contributed by atoms with Crippen molar-refractivity contribution in [1.82, 2.24) is 9.80 Å². The lowest BCUT2D eigenvalue weighted by molar-refractivity contribution is -0.134. The summed E-state index contributed by atoms with van der Waals surface area (Å²) in [5, 5.41) is 2.73. The molecule has 1 aromatic heterocycles. The van der Waals surface area contributed by atoms with Gasteiger partial charge in [0.05, 0.1) is 20.3 Å². The first-order valence-corrected chi connectivity index (χ1v) is 12.8. The van der Waals surface area contributed by atoms with E-state index in [9.17, 15) is 9.59 Å². The Kier molecular flexibility index (Phi) is 7.98. The summed E-state index contributed by atoms with van der Waals surface area (Å²) in [5.74, 6) is 0.741. The van der Waals surface area contributed by atoms with Crippen LogP contribution in [0.25, 0.3) is 0 Å². The number of carbonyl (C=O) groups is 2. The smallest absolute Gasteiger partial charge is 0.254 e. The molecule has 0 unspecified atom stereocenters. The third kappa shape index (κ3) is 5.46. The van der Waals surface area contributed by atoms with E-state index < -0.39 is 0 Å². The number of methoxy groups -OCH3 is 2. The van der Waals surface area contributed by atoms with Gasteiger partial charge in [-0.3, -0.25) is 9.59 Å². The van der Waals surface area contributed by atoms with E-state index in [1.807, 2.05) is 36.1 Å². The van der Waals surface area contributed by atoms with E-state index in [4.69, 9.17) is 21.1 Å². The lowest BCUT2D eigenvalue weighted by Gasteiger charge is -2.37. The number of hydrogen-bond acceptors (Lipinski definition) is 5. The van der Waals surface area contributed by atoms with E-state index in [2.05, 4.69) is 11.4 Å². The molecule has 0 bridgehead atoms.